The molecule has 2 heterocycles. The van der Waals surface area contributed by atoms with Gasteiger partial charge in [0.25, 0.3) is 0 Å². The number of carbonyl (C=O) groups excluding carboxylic acids is 1. The van der Waals surface area contributed by atoms with Crippen molar-refractivity contribution < 1.29 is 13.9 Å². The molecular formula is C21H20FN3O2. The lowest BCUT2D eigenvalue weighted by atomic mass is 10.1. The number of rotatable bonds is 4. The number of halogens is 1. The molecule has 0 aliphatic carbocycles. The van der Waals surface area contributed by atoms with Gasteiger partial charge >= 0.3 is 0 Å². The molecule has 0 amide bonds. The Labute approximate surface area is 156 Å². The van der Waals surface area contributed by atoms with Crippen molar-refractivity contribution in [2.45, 2.75) is 6.92 Å². The van der Waals surface area contributed by atoms with Crippen molar-refractivity contribution in [3.63, 3.8) is 0 Å². The molecule has 0 atom stereocenters. The molecule has 1 aliphatic heterocycles. The fourth-order valence-electron chi connectivity index (χ4n) is 3.23. The molecule has 0 bridgehead atoms. The zero-order chi connectivity index (χ0) is 18.8. The summed E-state index contributed by atoms with van der Waals surface area (Å²) in [7, 11) is 0. The highest BCUT2D eigenvalue weighted by molar-refractivity contribution is 5.99. The molecule has 0 spiro atoms. The number of imidazole rings is 1. The summed E-state index contributed by atoms with van der Waals surface area (Å²) < 4.78 is 18.6. The summed E-state index contributed by atoms with van der Waals surface area (Å²) in [5.74, 6) is 0.184. The number of ketones is 1. The van der Waals surface area contributed by atoms with Crippen LogP contribution in [0.3, 0.4) is 0 Å². The van der Waals surface area contributed by atoms with E-state index in [9.17, 15) is 9.18 Å². The first-order chi connectivity index (χ1) is 13.1. The molecule has 6 heteroatoms. The second-order valence-corrected chi connectivity index (χ2v) is 6.52. The third-order valence-electron chi connectivity index (χ3n) is 4.69. The van der Waals surface area contributed by atoms with E-state index in [1.807, 2.05) is 24.3 Å². The molecule has 1 aliphatic rings. The van der Waals surface area contributed by atoms with Crippen LogP contribution >= 0.6 is 0 Å². The normalized spacial score (nSPS) is 14.4. The van der Waals surface area contributed by atoms with Crippen LogP contribution in [-0.4, -0.2) is 42.1 Å². The van der Waals surface area contributed by atoms with Gasteiger partial charge in [0.2, 0.25) is 0 Å². The maximum absolute atomic E-state index is 13.2. The van der Waals surface area contributed by atoms with Crippen LogP contribution in [0.4, 0.5) is 10.1 Å². The Balaban J connectivity index is 1.66. The van der Waals surface area contributed by atoms with Crippen molar-refractivity contribution in [3.05, 3.63) is 60.0 Å². The van der Waals surface area contributed by atoms with E-state index >= 15 is 0 Å². The highest BCUT2D eigenvalue weighted by Crippen LogP contribution is 2.28. The zero-order valence-electron chi connectivity index (χ0n) is 15.0. The average Bonchev–Trinajstić information content (AvgIpc) is 3.15. The van der Waals surface area contributed by atoms with Gasteiger partial charge in [0.1, 0.15) is 17.3 Å². The molecule has 0 saturated carbocycles. The number of anilines is 1. The van der Waals surface area contributed by atoms with Crippen molar-refractivity contribution in [1.82, 2.24) is 9.97 Å². The number of hydrogen-bond acceptors (Lipinski definition) is 4. The summed E-state index contributed by atoms with van der Waals surface area (Å²) in [6.07, 6.45) is 0. The molecular weight excluding hydrogens is 345 g/mol. The van der Waals surface area contributed by atoms with Crippen molar-refractivity contribution in [2.75, 3.05) is 31.2 Å². The number of H-pyrrole nitrogens is 1. The second-order valence-electron chi connectivity index (χ2n) is 6.52. The van der Waals surface area contributed by atoms with Gasteiger partial charge in [-0.2, -0.15) is 0 Å². The van der Waals surface area contributed by atoms with Gasteiger partial charge in [-0.3, -0.25) is 4.79 Å². The van der Waals surface area contributed by atoms with Crippen LogP contribution in [0.5, 0.6) is 0 Å². The molecule has 4 rings (SSSR count). The van der Waals surface area contributed by atoms with Crippen LogP contribution in [0.15, 0.2) is 48.5 Å². The van der Waals surface area contributed by atoms with E-state index in [1.165, 1.54) is 19.1 Å². The number of morpholine rings is 1. The largest absolute Gasteiger partial charge is 0.378 e. The number of benzene rings is 2. The molecule has 3 aromatic rings. The van der Waals surface area contributed by atoms with Crippen molar-refractivity contribution in [2.24, 2.45) is 0 Å². The van der Waals surface area contributed by atoms with Gasteiger partial charge in [0.15, 0.2) is 5.78 Å². The van der Waals surface area contributed by atoms with E-state index in [0.717, 1.165) is 37.6 Å². The summed E-state index contributed by atoms with van der Waals surface area (Å²) in [6.45, 7) is 4.73. The molecule has 5 nitrogen and oxygen atoms in total. The standard InChI is InChI=1S/C21H20FN3O2/c1-14(26)19-20(15-2-6-17(22)7-3-15)24-21(23-19)16-4-8-18(9-5-16)25-10-12-27-13-11-25/h2-9H,10-13H2,1H3,(H,23,24). The van der Waals surface area contributed by atoms with E-state index in [-0.39, 0.29) is 11.6 Å². The van der Waals surface area contributed by atoms with Gasteiger partial charge in [0, 0.05) is 36.8 Å². The zero-order valence-corrected chi connectivity index (χ0v) is 15.0. The Bertz CT molecular complexity index is 943. The molecule has 138 valence electrons. The molecule has 0 radical (unpaired) electrons. The predicted molar refractivity (Wildman–Crippen MR) is 102 cm³/mol. The molecule has 0 unspecified atom stereocenters. The maximum Gasteiger partial charge on any atom is 0.178 e. The topological polar surface area (TPSA) is 58.2 Å². The lowest BCUT2D eigenvalue weighted by Crippen LogP contribution is -2.36. The number of aromatic amines is 1. The van der Waals surface area contributed by atoms with Gasteiger partial charge in [0.05, 0.1) is 18.9 Å². The molecule has 1 N–H and O–H groups in total. The maximum atomic E-state index is 13.2. The highest BCUT2D eigenvalue weighted by atomic mass is 19.1. The number of nitrogens with zero attached hydrogens (tertiary/aromatic N) is 2. The van der Waals surface area contributed by atoms with Crippen LogP contribution in [0.2, 0.25) is 0 Å². The SMILES string of the molecule is CC(=O)c1[nH]c(-c2ccc(N3CCOCC3)cc2)nc1-c1ccc(F)cc1. The number of ether oxygens (including phenoxy) is 1. The van der Waals surface area contributed by atoms with Gasteiger partial charge in [-0.25, -0.2) is 9.37 Å². The summed E-state index contributed by atoms with van der Waals surface area (Å²) in [4.78, 5) is 22.1. The summed E-state index contributed by atoms with van der Waals surface area (Å²) in [5.41, 5.74) is 3.69. The van der Waals surface area contributed by atoms with E-state index < -0.39 is 0 Å². The van der Waals surface area contributed by atoms with Gasteiger partial charge in [-0.1, -0.05) is 0 Å². The van der Waals surface area contributed by atoms with Crippen LogP contribution in [-0.2, 0) is 4.74 Å². The van der Waals surface area contributed by atoms with E-state index in [4.69, 9.17) is 4.74 Å². The minimum Gasteiger partial charge on any atom is -0.378 e. The number of carbonyl (C=O) groups is 1. The molecule has 27 heavy (non-hydrogen) atoms. The van der Waals surface area contributed by atoms with Crippen molar-refractivity contribution in [3.8, 4) is 22.6 Å². The number of nitrogens with one attached hydrogen (secondary N) is 1. The Hall–Kier alpha value is -2.99. The van der Waals surface area contributed by atoms with Crippen LogP contribution in [0.1, 0.15) is 17.4 Å². The summed E-state index contributed by atoms with van der Waals surface area (Å²) >= 11 is 0. The van der Waals surface area contributed by atoms with E-state index in [0.29, 0.717) is 22.8 Å². The number of Topliss-reactive ketones (excluding diaryl/α,β-unsaturated/α-hetero) is 1. The third kappa shape index (κ3) is 3.61. The van der Waals surface area contributed by atoms with E-state index in [2.05, 4.69) is 14.9 Å². The number of hydrogen-bond donors (Lipinski definition) is 1. The molecule has 1 saturated heterocycles. The fraction of sp³-hybridized carbons (Fsp3) is 0.238. The van der Waals surface area contributed by atoms with Crippen molar-refractivity contribution in [1.29, 1.82) is 0 Å². The Morgan fingerprint density at radius 2 is 1.67 bits per heavy atom. The Morgan fingerprint density at radius 3 is 2.30 bits per heavy atom. The first-order valence-electron chi connectivity index (χ1n) is 8.92. The van der Waals surface area contributed by atoms with Crippen molar-refractivity contribution >= 4 is 11.5 Å². The van der Waals surface area contributed by atoms with Gasteiger partial charge < -0.3 is 14.6 Å². The smallest absolute Gasteiger partial charge is 0.178 e. The second kappa shape index (κ2) is 7.32. The number of aromatic nitrogens is 2. The monoisotopic (exact) mass is 365 g/mol. The Kier molecular flexibility index (Phi) is 4.73. The average molecular weight is 365 g/mol. The Morgan fingerprint density at radius 1 is 1.04 bits per heavy atom. The van der Waals surface area contributed by atoms with Crippen LogP contribution < -0.4 is 4.90 Å². The summed E-state index contributed by atoms with van der Waals surface area (Å²) in [5, 5.41) is 0. The third-order valence-corrected chi connectivity index (χ3v) is 4.69. The lowest BCUT2D eigenvalue weighted by Gasteiger charge is -2.28. The molecule has 2 aromatic carbocycles. The minimum absolute atomic E-state index is 0.113. The van der Waals surface area contributed by atoms with Crippen LogP contribution in [0.25, 0.3) is 22.6 Å². The predicted octanol–water partition coefficient (Wildman–Crippen LogP) is 3.92. The van der Waals surface area contributed by atoms with E-state index in [1.54, 1.807) is 12.1 Å². The lowest BCUT2D eigenvalue weighted by molar-refractivity contribution is 0.101. The molecule has 1 aromatic heterocycles. The fourth-order valence-corrected chi connectivity index (χ4v) is 3.23. The summed E-state index contributed by atoms with van der Waals surface area (Å²) in [6, 6.07) is 14.1. The van der Waals surface area contributed by atoms with Gasteiger partial charge in [-0.15, -0.1) is 0 Å². The first-order valence-corrected chi connectivity index (χ1v) is 8.92. The highest BCUT2D eigenvalue weighted by Gasteiger charge is 2.17. The van der Waals surface area contributed by atoms with Gasteiger partial charge in [-0.05, 0) is 48.5 Å². The quantitative estimate of drug-likeness (QED) is 0.712. The minimum atomic E-state index is -0.322. The first kappa shape index (κ1) is 17.4. The molecule has 1 fully saturated rings. The van der Waals surface area contributed by atoms with Crippen LogP contribution in [0, 0.1) is 5.82 Å².